The largest absolute Gasteiger partial charge is 0.456 e. The van der Waals surface area contributed by atoms with Crippen molar-refractivity contribution in [1.29, 1.82) is 0 Å². The number of benzene rings is 9. The van der Waals surface area contributed by atoms with Crippen LogP contribution in [-0.4, -0.2) is 0 Å². The molecule has 0 N–H and O–H groups in total. The number of hydrogen-bond donors (Lipinski definition) is 0. The molecule has 1 atom stereocenters. The van der Waals surface area contributed by atoms with Crippen LogP contribution in [0.1, 0.15) is 22.3 Å². The number of nitrogens with zero attached hydrogens (tertiary/aromatic N) is 1. The zero-order valence-electron chi connectivity index (χ0n) is 30.3. The molecule has 3 nitrogen and oxygen atoms in total. The van der Waals surface area contributed by atoms with E-state index in [1.807, 2.05) is 6.07 Å². The van der Waals surface area contributed by atoms with Crippen LogP contribution in [0.25, 0.3) is 55.0 Å². The van der Waals surface area contributed by atoms with Crippen molar-refractivity contribution < 1.29 is 9.15 Å². The van der Waals surface area contributed by atoms with Gasteiger partial charge in [-0.25, -0.2) is 0 Å². The normalized spacial score (nSPS) is 15.0. The summed E-state index contributed by atoms with van der Waals surface area (Å²) >= 11 is 0. The van der Waals surface area contributed by atoms with Gasteiger partial charge in [-0.05, 0) is 81.2 Å². The van der Waals surface area contributed by atoms with Crippen LogP contribution in [0.5, 0.6) is 11.5 Å². The van der Waals surface area contributed by atoms with Gasteiger partial charge in [0.25, 0.3) is 0 Å². The van der Waals surface area contributed by atoms with E-state index < -0.39 is 5.41 Å². The van der Waals surface area contributed by atoms with Gasteiger partial charge < -0.3 is 14.1 Å². The molecule has 0 saturated carbocycles. The Balaban J connectivity index is 1.15. The second-order valence-electron chi connectivity index (χ2n) is 14.8. The van der Waals surface area contributed by atoms with E-state index in [1.54, 1.807) is 0 Å². The molecular weight excluding hydrogens is 683 g/mol. The Labute approximate surface area is 324 Å². The molecule has 2 heterocycles. The highest BCUT2D eigenvalue weighted by atomic mass is 16.5. The van der Waals surface area contributed by atoms with Crippen molar-refractivity contribution in [2.24, 2.45) is 0 Å². The summed E-state index contributed by atoms with van der Waals surface area (Å²) in [6.07, 6.45) is 0. The lowest BCUT2D eigenvalue weighted by Gasteiger charge is -2.40. The number of fused-ring (bicyclic) bond motifs is 14. The maximum Gasteiger partial charge on any atom is 0.159 e. The first-order valence-electron chi connectivity index (χ1n) is 19.2. The summed E-state index contributed by atoms with van der Waals surface area (Å²) in [4.78, 5) is 2.36. The molecule has 1 aromatic heterocycles. The lowest BCUT2D eigenvalue weighted by atomic mass is 9.65. The average molecular weight is 716 g/mol. The summed E-state index contributed by atoms with van der Waals surface area (Å²) in [7, 11) is 0. The lowest BCUT2D eigenvalue weighted by Crippen LogP contribution is -2.32. The first kappa shape index (κ1) is 31.0. The van der Waals surface area contributed by atoms with Crippen LogP contribution in [0.2, 0.25) is 0 Å². The predicted octanol–water partition coefficient (Wildman–Crippen LogP) is 14.3. The van der Waals surface area contributed by atoms with Gasteiger partial charge in [0.1, 0.15) is 17.1 Å². The summed E-state index contributed by atoms with van der Waals surface area (Å²) in [6, 6.07) is 71.9. The molecule has 0 saturated heterocycles. The Morgan fingerprint density at radius 2 is 1.09 bits per heavy atom. The second-order valence-corrected chi connectivity index (χ2v) is 14.8. The van der Waals surface area contributed by atoms with E-state index in [9.17, 15) is 0 Å². The van der Waals surface area contributed by atoms with Crippen LogP contribution in [0.3, 0.4) is 0 Å². The molecule has 1 aliphatic heterocycles. The van der Waals surface area contributed by atoms with Crippen LogP contribution >= 0.6 is 0 Å². The lowest BCUT2D eigenvalue weighted by molar-refractivity contribution is 0.441. The van der Waals surface area contributed by atoms with Crippen LogP contribution < -0.4 is 9.64 Å². The Morgan fingerprint density at radius 3 is 1.98 bits per heavy atom. The van der Waals surface area contributed by atoms with E-state index in [0.717, 1.165) is 72.4 Å². The fraction of sp³-hybridized carbons (Fsp3) is 0.0189. The number of para-hydroxylation sites is 3. The van der Waals surface area contributed by atoms with Gasteiger partial charge in [0.05, 0.1) is 11.1 Å². The Bertz CT molecular complexity index is 3180. The van der Waals surface area contributed by atoms with Crippen molar-refractivity contribution in [3.63, 3.8) is 0 Å². The van der Waals surface area contributed by atoms with Gasteiger partial charge in [-0.15, -0.1) is 0 Å². The van der Waals surface area contributed by atoms with Crippen molar-refractivity contribution in [2.45, 2.75) is 5.41 Å². The number of ether oxygens (including phenoxy) is 1. The molecule has 12 rings (SSSR count). The maximum absolute atomic E-state index is 6.93. The van der Waals surface area contributed by atoms with Gasteiger partial charge in [-0.2, -0.15) is 0 Å². The topological polar surface area (TPSA) is 25.6 Å². The molecule has 10 aromatic rings. The molecule has 3 heteroatoms. The zero-order chi connectivity index (χ0) is 36.8. The highest BCUT2D eigenvalue weighted by Crippen LogP contribution is 2.63. The highest BCUT2D eigenvalue weighted by molar-refractivity contribution is 6.10. The van der Waals surface area contributed by atoms with E-state index >= 15 is 0 Å². The van der Waals surface area contributed by atoms with Crippen molar-refractivity contribution in [1.82, 2.24) is 0 Å². The summed E-state index contributed by atoms with van der Waals surface area (Å²) in [5.74, 6) is 1.79. The number of anilines is 3. The summed E-state index contributed by atoms with van der Waals surface area (Å²) < 4.78 is 13.7. The Morgan fingerprint density at radius 1 is 0.411 bits per heavy atom. The Hall–Kier alpha value is -7.36. The van der Waals surface area contributed by atoms with E-state index in [2.05, 4.69) is 199 Å². The molecule has 0 amide bonds. The predicted molar refractivity (Wildman–Crippen MR) is 229 cm³/mol. The molecule has 56 heavy (non-hydrogen) atoms. The molecule has 2 aliphatic rings. The van der Waals surface area contributed by atoms with Gasteiger partial charge in [-0.1, -0.05) is 158 Å². The van der Waals surface area contributed by atoms with E-state index in [1.165, 1.54) is 33.4 Å². The molecule has 0 radical (unpaired) electrons. The van der Waals surface area contributed by atoms with Gasteiger partial charge in [0.2, 0.25) is 0 Å². The molecule has 1 unspecified atom stereocenters. The molecule has 1 aliphatic carbocycles. The van der Waals surface area contributed by atoms with Gasteiger partial charge in [0, 0.05) is 38.7 Å². The van der Waals surface area contributed by atoms with E-state index in [-0.39, 0.29) is 0 Å². The van der Waals surface area contributed by atoms with Crippen LogP contribution in [0.15, 0.2) is 205 Å². The molecule has 0 bridgehead atoms. The Kier molecular flexibility index (Phi) is 6.55. The maximum atomic E-state index is 6.93. The minimum atomic E-state index is -0.621. The van der Waals surface area contributed by atoms with Crippen molar-refractivity contribution >= 4 is 49.8 Å². The summed E-state index contributed by atoms with van der Waals surface area (Å²) in [5.41, 5.74) is 13.8. The van der Waals surface area contributed by atoms with Gasteiger partial charge >= 0.3 is 0 Å². The minimum Gasteiger partial charge on any atom is -0.456 e. The third kappa shape index (κ3) is 4.28. The number of hydrogen-bond acceptors (Lipinski definition) is 3. The van der Waals surface area contributed by atoms with Crippen LogP contribution in [-0.2, 0) is 5.41 Å². The van der Waals surface area contributed by atoms with Crippen LogP contribution in [0, 0.1) is 0 Å². The second kappa shape index (κ2) is 11.8. The SMILES string of the molecule is c1ccc(-c2ccc(N(c3ccc4c(c3)C3(c5ccccc5Oc5c3ccc3ccccc53)c3ccccc3-4)c3cccc4c3oc3ccccc34)cc2)cc1. The smallest absolute Gasteiger partial charge is 0.159 e. The highest BCUT2D eigenvalue weighted by Gasteiger charge is 2.51. The van der Waals surface area contributed by atoms with E-state index in [0.29, 0.717) is 0 Å². The molecular formula is C53H33NO2. The van der Waals surface area contributed by atoms with Crippen LogP contribution in [0.4, 0.5) is 17.1 Å². The quantitative estimate of drug-likeness (QED) is 0.181. The molecule has 9 aromatic carbocycles. The van der Waals surface area contributed by atoms with Gasteiger partial charge in [0.15, 0.2) is 5.58 Å². The summed E-state index contributed by atoms with van der Waals surface area (Å²) in [6.45, 7) is 0. The molecule has 1 spiro atoms. The zero-order valence-corrected chi connectivity index (χ0v) is 30.3. The first-order chi connectivity index (χ1) is 27.8. The van der Waals surface area contributed by atoms with Gasteiger partial charge in [-0.3, -0.25) is 0 Å². The third-order valence-electron chi connectivity index (χ3n) is 11.9. The summed E-state index contributed by atoms with van der Waals surface area (Å²) in [5, 5.41) is 4.46. The third-order valence-corrected chi connectivity index (χ3v) is 11.9. The molecule has 0 fully saturated rings. The van der Waals surface area contributed by atoms with Crippen molar-refractivity contribution in [3.8, 4) is 33.8 Å². The minimum absolute atomic E-state index is 0.621. The first-order valence-corrected chi connectivity index (χ1v) is 19.2. The fourth-order valence-corrected chi connectivity index (χ4v) is 9.52. The number of furan rings is 1. The average Bonchev–Trinajstić information content (AvgIpc) is 3.79. The number of rotatable bonds is 4. The monoisotopic (exact) mass is 715 g/mol. The fourth-order valence-electron chi connectivity index (χ4n) is 9.52. The standard InChI is InChI=1S/C53H33NO2/c1-2-13-34(14-3-1)35-25-28-37(29-26-35)54(48-22-12-19-43-42-18-7-10-23-49(42)55-52(43)48)38-30-31-41-40-17-6-8-20-44(40)53(47(41)33-38)45-21-9-11-24-50(45)56-51-39-16-5-4-15-36(39)27-32-46(51)53/h1-33H. The molecule has 262 valence electrons. The van der Waals surface area contributed by atoms with E-state index in [4.69, 9.17) is 9.15 Å². The van der Waals surface area contributed by atoms with Crippen molar-refractivity contribution in [3.05, 3.63) is 222 Å². The van der Waals surface area contributed by atoms with Crippen molar-refractivity contribution in [2.75, 3.05) is 4.90 Å².